The first-order valence-corrected chi connectivity index (χ1v) is 22.5. The van der Waals surface area contributed by atoms with E-state index in [0.717, 1.165) is 42.3 Å². The minimum atomic E-state index is -0.389. The van der Waals surface area contributed by atoms with Crippen LogP contribution >= 0.6 is 22.7 Å². The van der Waals surface area contributed by atoms with Crippen molar-refractivity contribution < 1.29 is 18.8 Å². The van der Waals surface area contributed by atoms with Crippen LogP contribution < -0.4 is 14.3 Å². The van der Waals surface area contributed by atoms with Crippen molar-refractivity contribution in [3.05, 3.63) is 29.6 Å². The van der Waals surface area contributed by atoms with Crippen LogP contribution in [0.25, 0.3) is 30.9 Å². The van der Waals surface area contributed by atoms with E-state index in [1.165, 1.54) is 147 Å². The molecule has 2 aromatic heterocycles. The molecule has 51 heavy (non-hydrogen) atoms. The number of rotatable bonds is 25. The summed E-state index contributed by atoms with van der Waals surface area (Å²) in [5, 5.41) is 6.99. The second kappa shape index (κ2) is 20.0. The van der Waals surface area contributed by atoms with Gasteiger partial charge in [0, 0.05) is 24.9 Å². The predicted molar refractivity (Wildman–Crippen MR) is 225 cm³/mol. The zero-order valence-electron chi connectivity index (χ0n) is 33.0. The van der Waals surface area contributed by atoms with Crippen molar-refractivity contribution in [2.24, 2.45) is 0 Å². The third kappa shape index (κ3) is 10.9. The standard InChI is InChI=1S/C44H67BO4S2/c1-7-9-11-13-15-17-19-21-23-25-28-46-36-31-34-27-30-50-41(34)39-37(47-29-26-24-22-20-18-16-14-12-10-8-2)32-35-33-38(51-42(35)40(36)39)45-48-43(3,4)44(5,6)49-45/h27,30-33H,7-26,28-29H2,1-6H3. The van der Waals surface area contributed by atoms with Gasteiger partial charge in [-0.2, -0.15) is 0 Å². The van der Waals surface area contributed by atoms with Crippen LogP contribution in [0.1, 0.15) is 170 Å². The summed E-state index contributed by atoms with van der Waals surface area (Å²) in [7, 11) is -0.389. The van der Waals surface area contributed by atoms with Gasteiger partial charge in [0.15, 0.2) is 0 Å². The van der Waals surface area contributed by atoms with E-state index in [2.05, 4.69) is 71.2 Å². The van der Waals surface area contributed by atoms with Crippen LogP contribution in [-0.2, 0) is 9.31 Å². The van der Waals surface area contributed by atoms with Crippen LogP contribution in [0.4, 0.5) is 0 Å². The van der Waals surface area contributed by atoms with Crippen LogP contribution in [0.2, 0.25) is 0 Å². The van der Waals surface area contributed by atoms with Crippen LogP contribution in [0.5, 0.6) is 11.5 Å². The Morgan fingerprint density at radius 3 is 1.47 bits per heavy atom. The lowest BCUT2D eigenvalue weighted by atomic mass is 9.87. The smallest absolute Gasteiger partial charge is 0.493 e. The molecule has 1 aliphatic rings. The molecule has 0 amide bonds. The second-order valence-corrected chi connectivity index (χ2v) is 18.1. The first kappa shape index (κ1) is 40.4. The van der Waals surface area contributed by atoms with Crippen LogP contribution in [0.15, 0.2) is 29.6 Å². The molecule has 0 radical (unpaired) electrons. The average molecular weight is 735 g/mol. The van der Waals surface area contributed by atoms with Crippen molar-refractivity contribution in [1.82, 2.24) is 0 Å². The third-order valence-corrected chi connectivity index (χ3v) is 13.4. The van der Waals surface area contributed by atoms with E-state index in [0.29, 0.717) is 0 Å². The Morgan fingerprint density at radius 2 is 0.980 bits per heavy atom. The summed E-state index contributed by atoms with van der Waals surface area (Å²) >= 11 is 3.59. The van der Waals surface area contributed by atoms with Gasteiger partial charge in [-0.3, -0.25) is 0 Å². The van der Waals surface area contributed by atoms with Crippen LogP contribution in [0.3, 0.4) is 0 Å². The summed E-state index contributed by atoms with van der Waals surface area (Å²) < 4.78 is 30.1. The Balaban J connectivity index is 1.31. The van der Waals surface area contributed by atoms with Gasteiger partial charge in [0.2, 0.25) is 0 Å². The normalized spacial score (nSPS) is 15.5. The number of benzene rings is 2. The highest BCUT2D eigenvalue weighted by Crippen LogP contribution is 2.47. The van der Waals surface area contributed by atoms with Gasteiger partial charge >= 0.3 is 7.12 Å². The number of thiophene rings is 2. The molecule has 0 spiro atoms. The molecule has 0 bridgehead atoms. The predicted octanol–water partition coefficient (Wildman–Crippen LogP) is 14.2. The zero-order valence-corrected chi connectivity index (χ0v) is 34.6. The summed E-state index contributed by atoms with van der Waals surface area (Å²) in [6.07, 6.45) is 26.4. The van der Waals surface area contributed by atoms with Crippen molar-refractivity contribution in [2.75, 3.05) is 13.2 Å². The second-order valence-electron chi connectivity index (χ2n) is 16.1. The minimum absolute atomic E-state index is 0.383. The lowest BCUT2D eigenvalue weighted by Crippen LogP contribution is -2.41. The molecule has 282 valence electrons. The van der Waals surface area contributed by atoms with Crippen LogP contribution in [-0.4, -0.2) is 31.5 Å². The molecule has 0 aliphatic carbocycles. The lowest BCUT2D eigenvalue weighted by Gasteiger charge is -2.32. The Kier molecular flexibility index (Phi) is 15.9. The van der Waals surface area contributed by atoms with Gasteiger partial charge in [0.25, 0.3) is 0 Å². The van der Waals surface area contributed by atoms with Crippen LogP contribution in [0, 0.1) is 0 Å². The summed E-state index contributed by atoms with van der Waals surface area (Å²) in [5.74, 6) is 1.95. The maximum absolute atomic E-state index is 6.74. The summed E-state index contributed by atoms with van der Waals surface area (Å²) in [6.45, 7) is 14.6. The largest absolute Gasteiger partial charge is 0.505 e. The van der Waals surface area contributed by atoms with E-state index in [4.69, 9.17) is 18.8 Å². The first-order chi connectivity index (χ1) is 24.8. The highest BCUT2D eigenvalue weighted by Gasteiger charge is 2.52. The monoisotopic (exact) mass is 734 g/mol. The fourth-order valence-corrected chi connectivity index (χ4v) is 9.42. The number of fused-ring (bicyclic) bond motifs is 5. The molecule has 1 saturated heterocycles. The summed E-state index contributed by atoms with van der Waals surface area (Å²) in [4.78, 5) is 0. The van der Waals surface area contributed by atoms with Gasteiger partial charge in [-0.15, -0.1) is 22.7 Å². The van der Waals surface area contributed by atoms with Gasteiger partial charge in [-0.05, 0) is 81.0 Å². The third-order valence-electron chi connectivity index (χ3n) is 11.2. The van der Waals surface area contributed by atoms with Crippen molar-refractivity contribution in [3.63, 3.8) is 0 Å². The quantitative estimate of drug-likeness (QED) is 0.0502. The van der Waals surface area contributed by atoms with Gasteiger partial charge in [-0.1, -0.05) is 129 Å². The molecule has 4 nitrogen and oxygen atoms in total. The fraction of sp³-hybridized carbons (Fsp3) is 0.682. The molecule has 0 atom stereocenters. The Hall–Kier alpha value is -1.80. The van der Waals surface area contributed by atoms with Gasteiger partial charge in [0.1, 0.15) is 11.5 Å². The number of hydrogen-bond donors (Lipinski definition) is 0. The Bertz CT molecular complexity index is 1580. The Labute approximate surface area is 318 Å². The molecule has 0 unspecified atom stereocenters. The highest BCUT2D eigenvalue weighted by atomic mass is 32.1. The van der Waals surface area contributed by atoms with E-state index in [-0.39, 0.29) is 18.3 Å². The topological polar surface area (TPSA) is 36.9 Å². The number of ether oxygens (including phenoxy) is 2. The van der Waals surface area contributed by atoms with E-state index in [1.807, 2.05) is 0 Å². The first-order valence-electron chi connectivity index (χ1n) is 20.8. The SMILES string of the molecule is CCCCCCCCCCCCOc1cc2cc(B3OC(C)(C)C(C)(C)O3)sc2c2c(OCCCCCCCCCCCC)cc3ccsc3c12. The van der Waals surface area contributed by atoms with Crippen molar-refractivity contribution in [3.8, 4) is 11.5 Å². The van der Waals surface area contributed by atoms with Crippen molar-refractivity contribution in [1.29, 1.82) is 0 Å². The zero-order chi connectivity index (χ0) is 36.1. The highest BCUT2D eigenvalue weighted by molar-refractivity contribution is 7.29. The van der Waals surface area contributed by atoms with E-state index < -0.39 is 0 Å². The molecule has 1 aliphatic heterocycles. The maximum Gasteiger partial charge on any atom is 0.505 e. The van der Waals surface area contributed by atoms with Gasteiger partial charge in [-0.25, -0.2) is 0 Å². The number of hydrogen-bond acceptors (Lipinski definition) is 6. The average Bonchev–Trinajstić information content (AvgIpc) is 3.81. The molecular formula is C44H67BO4S2. The molecule has 0 N–H and O–H groups in total. The van der Waals surface area contributed by atoms with Gasteiger partial charge in [0.05, 0.1) is 24.4 Å². The molecule has 4 aromatic rings. The minimum Gasteiger partial charge on any atom is -0.493 e. The van der Waals surface area contributed by atoms with E-state index >= 15 is 0 Å². The van der Waals surface area contributed by atoms with Crippen molar-refractivity contribution in [2.45, 2.75) is 181 Å². The van der Waals surface area contributed by atoms with E-state index in [9.17, 15) is 0 Å². The number of unbranched alkanes of at least 4 members (excludes halogenated alkanes) is 18. The molecular weight excluding hydrogens is 667 g/mol. The molecule has 3 heterocycles. The Morgan fingerprint density at radius 1 is 0.549 bits per heavy atom. The van der Waals surface area contributed by atoms with E-state index in [1.54, 1.807) is 22.7 Å². The van der Waals surface area contributed by atoms with Gasteiger partial charge < -0.3 is 18.8 Å². The molecule has 7 heteroatoms. The fourth-order valence-electron chi connectivity index (χ4n) is 7.33. The molecule has 0 saturated carbocycles. The lowest BCUT2D eigenvalue weighted by molar-refractivity contribution is 0.00578. The van der Waals surface area contributed by atoms with Crippen molar-refractivity contribution >= 4 is 65.5 Å². The molecule has 1 fully saturated rings. The summed E-state index contributed by atoms with van der Waals surface area (Å²) in [5.41, 5.74) is -0.766. The molecule has 2 aromatic carbocycles. The maximum atomic E-state index is 6.74. The molecule has 5 rings (SSSR count). The summed E-state index contributed by atoms with van der Waals surface area (Å²) in [6, 6.07) is 9.03.